The van der Waals surface area contributed by atoms with E-state index in [9.17, 15) is 0 Å². The Bertz CT molecular complexity index is 1380. The summed E-state index contributed by atoms with van der Waals surface area (Å²) in [5, 5.41) is 3.50. The summed E-state index contributed by atoms with van der Waals surface area (Å²) in [4.78, 5) is 3.41. The number of hydrogen-bond acceptors (Lipinski definition) is 3. The van der Waals surface area contributed by atoms with Crippen LogP contribution in [-0.4, -0.2) is 35.6 Å². The number of ether oxygens (including phenoxy) is 1. The van der Waals surface area contributed by atoms with Gasteiger partial charge in [-0.05, 0) is 92.7 Å². The van der Waals surface area contributed by atoms with Crippen molar-refractivity contribution in [2.24, 2.45) is 11.8 Å². The number of thiocarbonyl (C=S) groups is 1. The van der Waals surface area contributed by atoms with Crippen molar-refractivity contribution in [2.75, 3.05) is 19.7 Å². The molecule has 3 nitrogen and oxygen atoms in total. The van der Waals surface area contributed by atoms with Gasteiger partial charge in [0, 0.05) is 30.4 Å². The van der Waals surface area contributed by atoms with Crippen LogP contribution in [0.4, 0.5) is 0 Å². The van der Waals surface area contributed by atoms with E-state index in [-0.39, 0.29) is 5.60 Å². The van der Waals surface area contributed by atoms with Crippen molar-refractivity contribution in [3.63, 3.8) is 0 Å². The van der Waals surface area contributed by atoms with E-state index in [2.05, 4.69) is 116 Å². The summed E-state index contributed by atoms with van der Waals surface area (Å²) in [5.41, 5.74) is 6.78. The van der Waals surface area contributed by atoms with Gasteiger partial charge in [-0.25, -0.2) is 0 Å². The minimum absolute atomic E-state index is 0.357. The van der Waals surface area contributed by atoms with Gasteiger partial charge in [0.15, 0.2) is 0 Å². The van der Waals surface area contributed by atoms with Gasteiger partial charge in [-0.2, -0.15) is 0 Å². The normalized spacial score (nSPS) is 24.0. The molecule has 2 aromatic carbocycles. The van der Waals surface area contributed by atoms with Gasteiger partial charge in [-0.3, -0.25) is 4.90 Å². The third-order valence-electron chi connectivity index (χ3n) is 8.76. The lowest BCUT2D eigenvalue weighted by molar-refractivity contribution is -0.0791. The fraction of sp³-hybridized carbons (Fsp3) is 0.432. The molecule has 1 saturated heterocycles. The summed E-state index contributed by atoms with van der Waals surface area (Å²) >= 11 is 5.81. The van der Waals surface area contributed by atoms with E-state index in [0.717, 1.165) is 48.8 Å². The van der Waals surface area contributed by atoms with Crippen molar-refractivity contribution in [1.82, 2.24) is 10.2 Å². The van der Waals surface area contributed by atoms with E-state index < -0.39 is 0 Å². The number of likely N-dealkylation sites (tertiary alicyclic amines) is 1. The Morgan fingerprint density at radius 1 is 1.10 bits per heavy atom. The summed E-state index contributed by atoms with van der Waals surface area (Å²) < 4.78 is 6.86. The van der Waals surface area contributed by atoms with Gasteiger partial charge in [-0.15, -0.1) is 5.92 Å². The second-order valence-electron chi connectivity index (χ2n) is 12.2. The molecule has 0 saturated carbocycles. The highest BCUT2D eigenvalue weighted by atomic mass is 32.1. The minimum atomic E-state index is -0.357. The maximum atomic E-state index is 6.86. The molecule has 0 spiro atoms. The zero-order valence-corrected chi connectivity index (χ0v) is 25.9. The van der Waals surface area contributed by atoms with Crippen LogP contribution in [0.15, 0.2) is 84.1 Å². The molecular weight excluding hydrogens is 520 g/mol. The van der Waals surface area contributed by atoms with E-state index in [4.69, 9.17) is 17.0 Å². The van der Waals surface area contributed by atoms with Gasteiger partial charge in [0.05, 0.1) is 12.2 Å². The van der Waals surface area contributed by atoms with Crippen LogP contribution >= 0.6 is 12.2 Å². The zero-order valence-electron chi connectivity index (χ0n) is 25.1. The van der Waals surface area contributed by atoms with E-state index in [1.807, 2.05) is 6.92 Å². The number of piperidine rings is 1. The first-order chi connectivity index (χ1) is 19.8. The van der Waals surface area contributed by atoms with Crippen LogP contribution in [0.2, 0.25) is 0 Å². The molecule has 1 N–H and O–H groups in total. The Balaban J connectivity index is 1.33. The first-order valence-electron chi connectivity index (χ1n) is 15.2. The van der Waals surface area contributed by atoms with Crippen LogP contribution in [0.3, 0.4) is 0 Å². The van der Waals surface area contributed by atoms with E-state index in [0.29, 0.717) is 18.6 Å². The third-order valence-corrected chi connectivity index (χ3v) is 8.98. The molecule has 0 amide bonds. The zero-order chi connectivity index (χ0) is 28.8. The quantitative estimate of drug-likeness (QED) is 0.208. The fourth-order valence-electron chi connectivity index (χ4n) is 6.69. The molecular formula is C37H44N2OS. The molecule has 3 atom stereocenters. The number of benzene rings is 2. The van der Waals surface area contributed by atoms with Gasteiger partial charge >= 0.3 is 0 Å². The van der Waals surface area contributed by atoms with Gasteiger partial charge in [0.1, 0.15) is 4.99 Å². The molecule has 4 heteroatoms. The molecule has 0 aromatic heterocycles. The SMILES string of the molecule is CC#Cc1cccc(-c2ccc(C3(OCC(=S)NC4=CC(C)=CC(C)C4)CCN(C4C=CC[C@H](C)C4)CC3)cc2)c1. The molecule has 2 aliphatic carbocycles. The van der Waals surface area contributed by atoms with Gasteiger partial charge < -0.3 is 10.1 Å². The molecule has 41 heavy (non-hydrogen) atoms. The second-order valence-corrected chi connectivity index (χ2v) is 12.7. The van der Waals surface area contributed by atoms with E-state index in [1.54, 1.807) is 0 Å². The smallest absolute Gasteiger partial charge is 0.106 e. The Kier molecular flexibility index (Phi) is 9.60. The van der Waals surface area contributed by atoms with Crippen LogP contribution in [0.1, 0.15) is 70.9 Å². The van der Waals surface area contributed by atoms with Gasteiger partial charge in [0.25, 0.3) is 0 Å². The van der Waals surface area contributed by atoms with Crippen molar-refractivity contribution in [3.8, 4) is 23.0 Å². The first kappa shape index (κ1) is 29.5. The number of nitrogens with zero attached hydrogens (tertiary/aromatic N) is 1. The lowest BCUT2D eigenvalue weighted by atomic mass is 9.82. The van der Waals surface area contributed by atoms with Crippen LogP contribution in [-0.2, 0) is 10.3 Å². The summed E-state index contributed by atoms with van der Waals surface area (Å²) in [5.74, 6) is 7.45. The molecule has 5 rings (SSSR count). The van der Waals surface area contributed by atoms with E-state index >= 15 is 0 Å². The average Bonchev–Trinajstić information content (AvgIpc) is 2.96. The van der Waals surface area contributed by atoms with Crippen molar-refractivity contribution < 1.29 is 4.74 Å². The Labute approximate surface area is 252 Å². The van der Waals surface area contributed by atoms with Gasteiger partial charge in [-0.1, -0.05) is 92.2 Å². The molecule has 2 unspecified atom stereocenters. The van der Waals surface area contributed by atoms with Crippen molar-refractivity contribution in [1.29, 1.82) is 0 Å². The Morgan fingerprint density at radius 2 is 1.88 bits per heavy atom. The van der Waals surface area contributed by atoms with Crippen molar-refractivity contribution >= 4 is 17.2 Å². The predicted molar refractivity (Wildman–Crippen MR) is 176 cm³/mol. The van der Waals surface area contributed by atoms with Crippen molar-refractivity contribution in [3.05, 3.63) is 95.2 Å². The molecule has 1 aliphatic heterocycles. The lowest BCUT2D eigenvalue weighted by Gasteiger charge is -2.45. The molecule has 0 bridgehead atoms. The summed E-state index contributed by atoms with van der Waals surface area (Å²) in [7, 11) is 0. The highest BCUT2D eigenvalue weighted by molar-refractivity contribution is 7.80. The molecule has 0 radical (unpaired) electrons. The number of nitrogens with one attached hydrogen (secondary N) is 1. The first-order valence-corrected chi connectivity index (χ1v) is 15.6. The standard InChI is InChI=1S/C37H44N2OS/c1-5-8-30-10-7-11-32(25-30)31-13-15-33(16-14-31)37(17-19-39(20-18-37)35-12-6-9-27(2)24-35)40-26-36(41)38-34-22-28(3)21-29(4)23-34/h6-7,10-16,21-22,25,27,29,35H,9,17-20,23-24,26H2,1-4H3,(H,38,41)/t27-,29?,35?/m0/s1. The maximum Gasteiger partial charge on any atom is 0.106 e. The maximum absolute atomic E-state index is 6.86. The van der Waals surface area contributed by atoms with Crippen LogP contribution < -0.4 is 5.32 Å². The summed E-state index contributed by atoms with van der Waals surface area (Å²) in [6, 6.07) is 18.0. The number of allylic oxidation sites excluding steroid dienone is 5. The third kappa shape index (κ3) is 7.46. The van der Waals surface area contributed by atoms with E-state index in [1.165, 1.54) is 40.8 Å². The molecule has 3 aliphatic rings. The fourth-order valence-corrected chi connectivity index (χ4v) is 6.88. The second kappa shape index (κ2) is 13.3. The monoisotopic (exact) mass is 564 g/mol. The minimum Gasteiger partial charge on any atom is -0.363 e. The lowest BCUT2D eigenvalue weighted by Crippen LogP contribution is -2.49. The van der Waals surface area contributed by atoms with Gasteiger partial charge in [0.2, 0.25) is 0 Å². The Morgan fingerprint density at radius 3 is 2.59 bits per heavy atom. The van der Waals surface area contributed by atoms with Crippen LogP contribution in [0.5, 0.6) is 0 Å². The average molecular weight is 565 g/mol. The molecule has 2 aromatic rings. The largest absolute Gasteiger partial charge is 0.363 e. The summed E-state index contributed by atoms with van der Waals surface area (Å²) in [6.07, 6.45) is 14.7. The van der Waals surface area contributed by atoms with Crippen molar-refractivity contribution in [2.45, 2.75) is 71.4 Å². The summed E-state index contributed by atoms with van der Waals surface area (Å²) in [6.45, 7) is 11.1. The topological polar surface area (TPSA) is 24.5 Å². The molecule has 1 fully saturated rings. The number of hydrogen-bond donors (Lipinski definition) is 1. The Hall–Kier alpha value is -2.97. The highest BCUT2D eigenvalue weighted by Crippen LogP contribution is 2.39. The highest BCUT2D eigenvalue weighted by Gasteiger charge is 2.39. The number of rotatable bonds is 7. The van der Waals surface area contributed by atoms with Crippen LogP contribution in [0, 0.1) is 23.7 Å². The molecule has 1 heterocycles. The molecule has 214 valence electrons. The van der Waals surface area contributed by atoms with Crippen LogP contribution in [0.25, 0.3) is 11.1 Å². The predicted octanol–water partition coefficient (Wildman–Crippen LogP) is 8.17.